The summed E-state index contributed by atoms with van der Waals surface area (Å²) < 4.78 is 0. The highest BCUT2D eigenvalue weighted by molar-refractivity contribution is 5.95. The average Bonchev–Trinajstić information content (AvgIpc) is 2.59. The maximum Gasteiger partial charge on any atom is 0.293 e. The monoisotopic (exact) mass is 356 g/mol. The Morgan fingerprint density at radius 3 is 2.31 bits per heavy atom. The summed E-state index contributed by atoms with van der Waals surface area (Å²) in [5.41, 5.74) is 2.04. The summed E-state index contributed by atoms with van der Waals surface area (Å²) >= 11 is 0. The highest BCUT2D eigenvalue weighted by Gasteiger charge is 2.18. The Kier molecular flexibility index (Phi) is 5.90. The minimum atomic E-state index is -0.507. The molecule has 0 fully saturated rings. The van der Waals surface area contributed by atoms with Crippen molar-refractivity contribution in [3.8, 4) is 0 Å². The van der Waals surface area contributed by atoms with Crippen LogP contribution in [0.1, 0.15) is 22.8 Å². The van der Waals surface area contributed by atoms with Crippen LogP contribution in [0.5, 0.6) is 0 Å². The van der Waals surface area contributed by atoms with Crippen LogP contribution in [0.4, 0.5) is 17.1 Å². The van der Waals surface area contributed by atoms with Crippen molar-refractivity contribution in [2.45, 2.75) is 13.5 Å². The number of hydrogen-bond donors (Lipinski definition) is 2. The molecule has 2 rings (SSSR count). The number of nitro groups is 1. The van der Waals surface area contributed by atoms with Gasteiger partial charge in [-0.1, -0.05) is 12.1 Å². The van der Waals surface area contributed by atoms with Gasteiger partial charge < -0.3 is 15.5 Å². The highest BCUT2D eigenvalue weighted by Crippen LogP contribution is 2.27. The lowest BCUT2D eigenvalue weighted by molar-refractivity contribution is -0.384. The molecule has 2 aromatic carbocycles. The number of nitro benzene ring substituents is 1. The molecule has 8 nitrogen and oxygen atoms in total. The number of carbonyl (C=O) groups excluding carboxylic acids is 2. The molecular weight excluding hydrogens is 336 g/mol. The van der Waals surface area contributed by atoms with E-state index >= 15 is 0 Å². The largest absolute Gasteiger partial charge is 0.372 e. The van der Waals surface area contributed by atoms with Crippen LogP contribution in [0.3, 0.4) is 0 Å². The quantitative estimate of drug-likeness (QED) is 0.611. The Hall–Kier alpha value is -3.42. The summed E-state index contributed by atoms with van der Waals surface area (Å²) in [5, 5.41) is 16.6. The van der Waals surface area contributed by atoms with Gasteiger partial charge in [0.15, 0.2) is 0 Å². The van der Waals surface area contributed by atoms with Crippen LogP contribution in [0, 0.1) is 10.1 Å². The van der Waals surface area contributed by atoms with Gasteiger partial charge in [0, 0.05) is 44.9 Å². The van der Waals surface area contributed by atoms with Gasteiger partial charge >= 0.3 is 0 Å². The van der Waals surface area contributed by atoms with Crippen LogP contribution >= 0.6 is 0 Å². The summed E-state index contributed by atoms with van der Waals surface area (Å²) in [4.78, 5) is 35.6. The molecule has 0 aliphatic heterocycles. The van der Waals surface area contributed by atoms with Crippen LogP contribution in [-0.4, -0.2) is 30.8 Å². The van der Waals surface area contributed by atoms with E-state index in [-0.39, 0.29) is 23.7 Å². The first-order valence-corrected chi connectivity index (χ1v) is 7.88. The summed E-state index contributed by atoms with van der Waals surface area (Å²) in [5.74, 6) is -0.557. The zero-order chi connectivity index (χ0) is 19.3. The molecule has 0 radical (unpaired) electrons. The molecule has 0 saturated carbocycles. The lowest BCUT2D eigenvalue weighted by atomic mass is 10.1. The van der Waals surface area contributed by atoms with E-state index in [2.05, 4.69) is 10.6 Å². The first-order chi connectivity index (χ1) is 12.3. The third-order valence-electron chi connectivity index (χ3n) is 3.64. The normalized spacial score (nSPS) is 10.1. The van der Waals surface area contributed by atoms with Gasteiger partial charge in [-0.3, -0.25) is 19.7 Å². The van der Waals surface area contributed by atoms with E-state index in [0.29, 0.717) is 11.4 Å². The van der Waals surface area contributed by atoms with E-state index in [0.717, 1.165) is 5.56 Å². The molecule has 136 valence electrons. The molecule has 0 saturated heterocycles. The Morgan fingerprint density at radius 1 is 1.12 bits per heavy atom. The molecule has 0 spiro atoms. The smallest absolute Gasteiger partial charge is 0.293 e. The van der Waals surface area contributed by atoms with E-state index in [1.165, 1.54) is 13.0 Å². The van der Waals surface area contributed by atoms with E-state index in [1.807, 2.05) is 0 Å². The van der Waals surface area contributed by atoms with Gasteiger partial charge in [-0.2, -0.15) is 0 Å². The predicted octanol–water partition coefficient (Wildman–Crippen LogP) is 2.55. The van der Waals surface area contributed by atoms with E-state index < -0.39 is 10.8 Å². The zero-order valence-corrected chi connectivity index (χ0v) is 14.8. The standard InChI is InChI=1S/C18H20N4O4/c1-12(23)20-15-7-4-13(5-8-15)11-19-18(24)14-6-9-16(21(2)3)17(10-14)22(25)26/h4-10H,11H2,1-3H3,(H,19,24)(H,20,23). The number of carbonyl (C=O) groups is 2. The lowest BCUT2D eigenvalue weighted by Crippen LogP contribution is -2.23. The molecule has 0 aliphatic carbocycles. The SMILES string of the molecule is CC(=O)Nc1ccc(CNC(=O)c2ccc(N(C)C)c([N+](=O)[O-])c2)cc1. The van der Waals surface area contributed by atoms with Gasteiger partial charge in [-0.05, 0) is 29.8 Å². The van der Waals surface area contributed by atoms with E-state index in [9.17, 15) is 19.7 Å². The second kappa shape index (κ2) is 8.11. The number of rotatable bonds is 6. The van der Waals surface area contributed by atoms with Gasteiger partial charge in [0.2, 0.25) is 5.91 Å². The van der Waals surface area contributed by atoms with Crippen LogP contribution in [0.15, 0.2) is 42.5 Å². The van der Waals surface area contributed by atoms with Crippen molar-refractivity contribution < 1.29 is 14.5 Å². The van der Waals surface area contributed by atoms with E-state index in [4.69, 9.17) is 0 Å². The number of benzene rings is 2. The van der Waals surface area contributed by atoms with E-state index in [1.54, 1.807) is 55.4 Å². The molecule has 2 amide bonds. The fourth-order valence-corrected chi connectivity index (χ4v) is 2.38. The second-order valence-corrected chi connectivity index (χ2v) is 5.92. The van der Waals surface area contributed by atoms with Crippen molar-refractivity contribution in [1.82, 2.24) is 5.32 Å². The fraction of sp³-hybridized carbons (Fsp3) is 0.222. The Bertz CT molecular complexity index is 832. The molecule has 2 aromatic rings. The van der Waals surface area contributed by atoms with Crippen LogP contribution in [-0.2, 0) is 11.3 Å². The average molecular weight is 356 g/mol. The maximum absolute atomic E-state index is 12.3. The van der Waals surface area contributed by atoms with Crippen LogP contribution in [0.2, 0.25) is 0 Å². The zero-order valence-electron chi connectivity index (χ0n) is 14.8. The van der Waals surface area contributed by atoms with Gasteiger partial charge in [0.1, 0.15) is 5.69 Å². The topological polar surface area (TPSA) is 105 Å². The molecule has 26 heavy (non-hydrogen) atoms. The molecule has 0 aromatic heterocycles. The summed E-state index contributed by atoms with van der Waals surface area (Å²) in [7, 11) is 3.40. The minimum Gasteiger partial charge on any atom is -0.372 e. The number of nitrogens with zero attached hydrogens (tertiary/aromatic N) is 2. The molecule has 8 heteroatoms. The van der Waals surface area contributed by atoms with Crippen molar-refractivity contribution in [3.63, 3.8) is 0 Å². The molecule has 2 N–H and O–H groups in total. The van der Waals surface area contributed by atoms with Gasteiger partial charge in [0.05, 0.1) is 4.92 Å². The van der Waals surface area contributed by atoms with Crippen molar-refractivity contribution in [2.24, 2.45) is 0 Å². The van der Waals surface area contributed by atoms with Crippen LogP contribution in [0.25, 0.3) is 0 Å². The van der Waals surface area contributed by atoms with Crippen LogP contribution < -0.4 is 15.5 Å². The Labute approximate surface area is 151 Å². The lowest BCUT2D eigenvalue weighted by Gasteiger charge is -2.13. The summed E-state index contributed by atoms with van der Waals surface area (Å²) in [6, 6.07) is 11.4. The third-order valence-corrected chi connectivity index (χ3v) is 3.64. The number of nitrogens with one attached hydrogen (secondary N) is 2. The van der Waals surface area contributed by atoms with Gasteiger partial charge in [-0.25, -0.2) is 0 Å². The van der Waals surface area contributed by atoms with Crippen molar-refractivity contribution in [2.75, 3.05) is 24.3 Å². The number of amides is 2. The Morgan fingerprint density at radius 2 is 1.77 bits per heavy atom. The molecule has 0 atom stereocenters. The second-order valence-electron chi connectivity index (χ2n) is 5.92. The first-order valence-electron chi connectivity index (χ1n) is 7.88. The minimum absolute atomic E-state index is 0.123. The summed E-state index contributed by atoms with van der Waals surface area (Å²) in [6.07, 6.45) is 0. The van der Waals surface area contributed by atoms with Gasteiger partial charge in [0.25, 0.3) is 11.6 Å². The summed E-state index contributed by atoms with van der Waals surface area (Å²) in [6.45, 7) is 1.69. The van der Waals surface area contributed by atoms with Gasteiger partial charge in [-0.15, -0.1) is 0 Å². The van der Waals surface area contributed by atoms with Crippen molar-refractivity contribution in [1.29, 1.82) is 0 Å². The molecular formula is C18H20N4O4. The fourth-order valence-electron chi connectivity index (χ4n) is 2.38. The Balaban J connectivity index is 2.07. The number of hydrogen-bond acceptors (Lipinski definition) is 5. The highest BCUT2D eigenvalue weighted by atomic mass is 16.6. The first kappa shape index (κ1) is 18.9. The van der Waals surface area contributed by atoms with Crippen molar-refractivity contribution >= 4 is 28.9 Å². The molecule has 0 unspecified atom stereocenters. The maximum atomic E-state index is 12.3. The number of anilines is 2. The molecule has 0 aliphatic rings. The predicted molar refractivity (Wildman–Crippen MR) is 99.3 cm³/mol. The molecule has 0 bridgehead atoms. The molecule has 0 heterocycles. The third kappa shape index (κ3) is 4.79. The van der Waals surface area contributed by atoms with Crippen molar-refractivity contribution in [3.05, 3.63) is 63.7 Å².